The molecule has 1 rings (SSSR count). The lowest BCUT2D eigenvalue weighted by atomic mass is 10.4. The molecule has 15 heavy (non-hydrogen) atoms. The first kappa shape index (κ1) is 12.4. The van der Waals surface area contributed by atoms with Crippen LogP contribution in [0, 0.1) is 0 Å². The molecule has 0 aliphatic heterocycles. The highest BCUT2D eigenvalue weighted by molar-refractivity contribution is 7.98. The van der Waals surface area contributed by atoms with Gasteiger partial charge in [0.1, 0.15) is 6.33 Å². The number of rotatable bonds is 6. The van der Waals surface area contributed by atoms with E-state index in [4.69, 9.17) is 16.3 Å². The van der Waals surface area contributed by atoms with Gasteiger partial charge in [0.05, 0.1) is 7.11 Å². The Kier molecular flexibility index (Phi) is 5.57. The SMILES string of the molecule is COc1c(Cl)ncnc1NCCCSC. The van der Waals surface area contributed by atoms with Crippen LogP contribution in [0.4, 0.5) is 5.82 Å². The fourth-order valence-electron chi connectivity index (χ4n) is 1.08. The Morgan fingerprint density at radius 3 is 3.00 bits per heavy atom. The second kappa shape index (κ2) is 6.74. The van der Waals surface area contributed by atoms with E-state index in [0.29, 0.717) is 16.7 Å². The third kappa shape index (κ3) is 3.76. The second-order valence-electron chi connectivity index (χ2n) is 2.82. The van der Waals surface area contributed by atoms with Crippen LogP contribution in [0.25, 0.3) is 0 Å². The summed E-state index contributed by atoms with van der Waals surface area (Å²) in [6.45, 7) is 0.852. The highest BCUT2D eigenvalue weighted by Crippen LogP contribution is 2.28. The number of methoxy groups -OCH3 is 1. The summed E-state index contributed by atoms with van der Waals surface area (Å²) in [5.41, 5.74) is 0. The molecule has 0 aliphatic rings. The minimum Gasteiger partial charge on any atom is -0.490 e. The van der Waals surface area contributed by atoms with E-state index in [0.717, 1.165) is 18.7 Å². The van der Waals surface area contributed by atoms with E-state index in [1.54, 1.807) is 7.11 Å². The largest absolute Gasteiger partial charge is 0.490 e. The van der Waals surface area contributed by atoms with Crippen molar-refractivity contribution in [2.75, 3.05) is 31.0 Å². The Morgan fingerprint density at radius 1 is 1.53 bits per heavy atom. The molecule has 4 nitrogen and oxygen atoms in total. The molecule has 0 bridgehead atoms. The molecule has 0 radical (unpaired) electrons. The predicted molar refractivity (Wildman–Crippen MR) is 65.1 cm³/mol. The maximum atomic E-state index is 5.85. The lowest BCUT2D eigenvalue weighted by Crippen LogP contribution is -2.06. The summed E-state index contributed by atoms with van der Waals surface area (Å²) in [5, 5.41) is 3.50. The summed E-state index contributed by atoms with van der Waals surface area (Å²) in [7, 11) is 1.55. The molecule has 0 saturated heterocycles. The van der Waals surface area contributed by atoms with Crippen molar-refractivity contribution in [2.24, 2.45) is 0 Å². The van der Waals surface area contributed by atoms with Gasteiger partial charge in [0.25, 0.3) is 0 Å². The van der Waals surface area contributed by atoms with Gasteiger partial charge >= 0.3 is 0 Å². The molecule has 0 aromatic carbocycles. The van der Waals surface area contributed by atoms with E-state index in [9.17, 15) is 0 Å². The summed E-state index contributed by atoms with van der Waals surface area (Å²) in [6, 6.07) is 0. The molecule has 6 heteroatoms. The molecular weight excluding hydrogens is 234 g/mol. The van der Waals surface area contributed by atoms with Gasteiger partial charge in [0, 0.05) is 6.54 Å². The minimum absolute atomic E-state index is 0.333. The number of anilines is 1. The molecule has 0 atom stereocenters. The van der Waals surface area contributed by atoms with Crippen LogP contribution in [-0.4, -0.2) is 35.6 Å². The van der Waals surface area contributed by atoms with Gasteiger partial charge in [-0.05, 0) is 18.4 Å². The van der Waals surface area contributed by atoms with Crippen LogP contribution >= 0.6 is 23.4 Å². The molecule has 0 unspecified atom stereocenters. The van der Waals surface area contributed by atoms with Crippen molar-refractivity contribution in [3.63, 3.8) is 0 Å². The third-order valence-corrected chi connectivity index (χ3v) is 2.75. The van der Waals surface area contributed by atoms with Gasteiger partial charge in [-0.15, -0.1) is 0 Å². The van der Waals surface area contributed by atoms with E-state index in [1.165, 1.54) is 6.33 Å². The van der Waals surface area contributed by atoms with Crippen LogP contribution in [0.5, 0.6) is 5.75 Å². The normalized spacial score (nSPS) is 10.1. The Bertz CT molecular complexity index is 311. The zero-order chi connectivity index (χ0) is 11.1. The van der Waals surface area contributed by atoms with Crippen LogP contribution in [0.3, 0.4) is 0 Å². The summed E-state index contributed by atoms with van der Waals surface area (Å²) < 4.78 is 5.11. The van der Waals surface area contributed by atoms with E-state index in [1.807, 2.05) is 11.8 Å². The average molecular weight is 248 g/mol. The van der Waals surface area contributed by atoms with Crippen LogP contribution in [0.2, 0.25) is 5.15 Å². The molecule has 0 aliphatic carbocycles. The van der Waals surface area contributed by atoms with Crippen LogP contribution in [0.1, 0.15) is 6.42 Å². The van der Waals surface area contributed by atoms with Crippen LogP contribution in [-0.2, 0) is 0 Å². The molecule has 1 aromatic rings. The molecule has 0 amide bonds. The number of hydrogen-bond donors (Lipinski definition) is 1. The van der Waals surface area contributed by atoms with Crippen molar-refractivity contribution in [3.8, 4) is 5.75 Å². The monoisotopic (exact) mass is 247 g/mol. The molecule has 0 spiro atoms. The lowest BCUT2D eigenvalue weighted by molar-refractivity contribution is 0.413. The van der Waals surface area contributed by atoms with Crippen molar-refractivity contribution < 1.29 is 4.74 Å². The average Bonchev–Trinajstić information content (AvgIpc) is 2.24. The number of nitrogens with one attached hydrogen (secondary N) is 1. The van der Waals surface area contributed by atoms with E-state index in [2.05, 4.69) is 21.5 Å². The van der Waals surface area contributed by atoms with Crippen molar-refractivity contribution >= 4 is 29.2 Å². The number of aromatic nitrogens is 2. The Labute approximate surface area is 98.8 Å². The zero-order valence-electron chi connectivity index (χ0n) is 8.79. The van der Waals surface area contributed by atoms with E-state index >= 15 is 0 Å². The lowest BCUT2D eigenvalue weighted by Gasteiger charge is -2.09. The summed E-state index contributed by atoms with van der Waals surface area (Å²) in [4.78, 5) is 7.91. The standard InChI is InChI=1S/C9H14ClN3OS/c1-14-7-8(10)12-6-13-9(7)11-4-3-5-15-2/h6H,3-5H2,1-2H3,(H,11,12,13). The number of nitrogens with zero attached hydrogens (tertiary/aromatic N) is 2. The van der Waals surface area contributed by atoms with Crippen LogP contribution in [0.15, 0.2) is 6.33 Å². The molecule has 84 valence electrons. The number of ether oxygens (including phenoxy) is 1. The zero-order valence-corrected chi connectivity index (χ0v) is 10.4. The highest BCUT2D eigenvalue weighted by Gasteiger charge is 2.08. The summed E-state index contributed by atoms with van der Waals surface area (Å²) >= 11 is 7.67. The first-order valence-corrected chi connectivity index (χ1v) is 6.34. The minimum atomic E-state index is 0.333. The van der Waals surface area contributed by atoms with Crippen molar-refractivity contribution in [2.45, 2.75) is 6.42 Å². The first-order chi connectivity index (χ1) is 7.29. The molecule has 0 saturated carbocycles. The van der Waals surface area contributed by atoms with Crippen LogP contribution < -0.4 is 10.1 Å². The Morgan fingerprint density at radius 2 is 2.33 bits per heavy atom. The van der Waals surface area contributed by atoms with Crippen molar-refractivity contribution in [3.05, 3.63) is 11.5 Å². The van der Waals surface area contributed by atoms with Gasteiger partial charge in [-0.2, -0.15) is 11.8 Å². The van der Waals surface area contributed by atoms with Gasteiger partial charge < -0.3 is 10.1 Å². The van der Waals surface area contributed by atoms with Crippen molar-refractivity contribution in [1.29, 1.82) is 0 Å². The van der Waals surface area contributed by atoms with Gasteiger partial charge in [0.15, 0.2) is 16.7 Å². The third-order valence-electron chi connectivity index (χ3n) is 1.78. The molecule has 0 fully saturated rings. The highest BCUT2D eigenvalue weighted by atomic mass is 35.5. The van der Waals surface area contributed by atoms with E-state index < -0.39 is 0 Å². The predicted octanol–water partition coefficient (Wildman–Crippen LogP) is 2.30. The fraction of sp³-hybridized carbons (Fsp3) is 0.556. The Hall–Kier alpha value is -0.680. The second-order valence-corrected chi connectivity index (χ2v) is 4.16. The van der Waals surface area contributed by atoms with Gasteiger partial charge in [-0.25, -0.2) is 9.97 Å². The fourth-order valence-corrected chi connectivity index (χ4v) is 1.73. The number of halogens is 1. The maximum Gasteiger partial charge on any atom is 0.198 e. The van der Waals surface area contributed by atoms with E-state index in [-0.39, 0.29) is 0 Å². The maximum absolute atomic E-state index is 5.85. The first-order valence-electron chi connectivity index (χ1n) is 4.57. The van der Waals surface area contributed by atoms with Gasteiger partial charge in [-0.1, -0.05) is 11.6 Å². The van der Waals surface area contributed by atoms with Crippen molar-refractivity contribution in [1.82, 2.24) is 9.97 Å². The number of thioether (sulfide) groups is 1. The topological polar surface area (TPSA) is 47.0 Å². The molecule has 1 aromatic heterocycles. The quantitative estimate of drug-likeness (QED) is 0.618. The van der Waals surface area contributed by atoms with Gasteiger partial charge in [0.2, 0.25) is 0 Å². The molecule has 1 N–H and O–H groups in total. The summed E-state index contributed by atoms with van der Waals surface area (Å²) in [5.74, 6) is 2.27. The molecule has 1 heterocycles. The Balaban J connectivity index is 2.56. The summed E-state index contributed by atoms with van der Waals surface area (Å²) in [6.07, 6.45) is 4.58. The smallest absolute Gasteiger partial charge is 0.198 e. The van der Waals surface area contributed by atoms with Gasteiger partial charge in [-0.3, -0.25) is 0 Å². The number of hydrogen-bond acceptors (Lipinski definition) is 5. The molecular formula is C9H14ClN3OS.